The lowest BCUT2D eigenvalue weighted by atomic mass is 10.1. The molecule has 0 saturated carbocycles. The van der Waals surface area contributed by atoms with Crippen LogP contribution in [0.5, 0.6) is 11.5 Å². The molecule has 2 heterocycles. The van der Waals surface area contributed by atoms with Crippen molar-refractivity contribution < 1.29 is 23.8 Å². The summed E-state index contributed by atoms with van der Waals surface area (Å²) in [7, 11) is 3.25. The zero-order chi connectivity index (χ0) is 18.0. The second-order valence-electron chi connectivity index (χ2n) is 5.80. The fourth-order valence-electron chi connectivity index (χ4n) is 2.43. The van der Waals surface area contributed by atoms with Crippen LogP contribution >= 0.6 is 11.3 Å². The highest BCUT2D eigenvalue weighted by Crippen LogP contribution is 2.37. The minimum Gasteiger partial charge on any atom is -0.486 e. The number of carbonyl (C=O) groups is 2. The van der Waals surface area contributed by atoms with Crippen molar-refractivity contribution in [2.45, 2.75) is 13.0 Å². The van der Waals surface area contributed by atoms with E-state index in [1.165, 1.54) is 16.2 Å². The number of thiophene rings is 1. The van der Waals surface area contributed by atoms with Crippen LogP contribution < -0.4 is 9.47 Å². The van der Waals surface area contributed by atoms with Gasteiger partial charge in [-0.1, -0.05) is 0 Å². The van der Waals surface area contributed by atoms with Crippen LogP contribution in [-0.2, 0) is 9.53 Å². The van der Waals surface area contributed by atoms with Gasteiger partial charge in [-0.15, -0.1) is 11.3 Å². The molecule has 1 aromatic heterocycles. The Labute approximate surface area is 149 Å². The first kappa shape index (κ1) is 17.3. The van der Waals surface area contributed by atoms with E-state index >= 15 is 0 Å². The van der Waals surface area contributed by atoms with Gasteiger partial charge in [0, 0.05) is 19.0 Å². The minimum absolute atomic E-state index is 0.253. The van der Waals surface area contributed by atoms with Gasteiger partial charge in [0.2, 0.25) is 0 Å². The highest BCUT2D eigenvalue weighted by molar-refractivity contribution is 7.17. The van der Waals surface area contributed by atoms with Crippen LogP contribution in [0, 0.1) is 0 Å². The molecular formula is C18H19NO5S. The van der Waals surface area contributed by atoms with Crippen LogP contribution in [0.3, 0.4) is 0 Å². The molecule has 0 N–H and O–H groups in total. The van der Waals surface area contributed by atoms with Gasteiger partial charge in [-0.05, 0) is 42.8 Å². The molecule has 3 rings (SSSR count). The Kier molecular flexibility index (Phi) is 4.94. The Morgan fingerprint density at radius 1 is 1.12 bits per heavy atom. The average molecular weight is 361 g/mol. The third-order valence-corrected chi connectivity index (χ3v) is 4.82. The molecule has 0 fully saturated rings. The number of ether oxygens (including phenoxy) is 3. The Morgan fingerprint density at radius 2 is 1.84 bits per heavy atom. The predicted octanol–water partition coefficient (Wildman–Crippen LogP) is 2.82. The largest absolute Gasteiger partial charge is 0.486 e. The Bertz CT molecular complexity index is 799. The topological polar surface area (TPSA) is 65.1 Å². The molecule has 1 aliphatic rings. The van der Waals surface area contributed by atoms with E-state index < -0.39 is 12.1 Å². The van der Waals surface area contributed by atoms with Gasteiger partial charge in [-0.2, -0.15) is 0 Å². The molecule has 0 spiro atoms. The van der Waals surface area contributed by atoms with Gasteiger partial charge in [0.05, 0.1) is 0 Å². The number of carbonyl (C=O) groups excluding carboxylic acids is 2. The van der Waals surface area contributed by atoms with Crippen molar-refractivity contribution in [1.82, 2.24) is 4.90 Å². The smallest absolute Gasteiger partial charge is 0.349 e. The van der Waals surface area contributed by atoms with Crippen LogP contribution in [0.1, 0.15) is 16.6 Å². The molecule has 6 nitrogen and oxygen atoms in total. The SMILES string of the molecule is C[C@@H](OC(=O)c1ccc(-c2ccc3c(c2)OCCO3)s1)C(=O)N(C)C. The summed E-state index contributed by atoms with van der Waals surface area (Å²) in [5.41, 5.74) is 0.936. The van der Waals surface area contributed by atoms with Gasteiger partial charge in [0.1, 0.15) is 18.1 Å². The molecule has 7 heteroatoms. The van der Waals surface area contributed by atoms with Crippen LogP contribution in [0.4, 0.5) is 0 Å². The van der Waals surface area contributed by atoms with E-state index in [2.05, 4.69) is 0 Å². The van der Waals surface area contributed by atoms with Gasteiger partial charge in [0.15, 0.2) is 17.6 Å². The Hall–Kier alpha value is -2.54. The Morgan fingerprint density at radius 3 is 2.56 bits per heavy atom. The normalized spacial score (nSPS) is 13.9. The van der Waals surface area contributed by atoms with E-state index in [0.717, 1.165) is 16.2 Å². The van der Waals surface area contributed by atoms with Crippen molar-refractivity contribution in [2.75, 3.05) is 27.3 Å². The van der Waals surface area contributed by atoms with E-state index in [1.807, 2.05) is 24.3 Å². The Balaban J connectivity index is 1.74. The molecule has 1 aromatic carbocycles. The maximum absolute atomic E-state index is 12.2. The third kappa shape index (κ3) is 3.76. The summed E-state index contributed by atoms with van der Waals surface area (Å²) in [6.45, 7) is 2.64. The number of hydrogen-bond donors (Lipinski definition) is 0. The zero-order valence-electron chi connectivity index (χ0n) is 14.3. The quantitative estimate of drug-likeness (QED) is 0.784. The number of amides is 1. The van der Waals surface area contributed by atoms with E-state index in [9.17, 15) is 9.59 Å². The summed E-state index contributed by atoms with van der Waals surface area (Å²) in [6, 6.07) is 9.23. The molecule has 0 radical (unpaired) electrons. The number of benzene rings is 1. The number of esters is 1. The number of hydrogen-bond acceptors (Lipinski definition) is 6. The molecule has 0 bridgehead atoms. The first-order valence-electron chi connectivity index (χ1n) is 7.87. The van der Waals surface area contributed by atoms with Crippen LogP contribution in [0.15, 0.2) is 30.3 Å². The van der Waals surface area contributed by atoms with Crippen molar-refractivity contribution in [1.29, 1.82) is 0 Å². The van der Waals surface area contributed by atoms with Gasteiger partial charge >= 0.3 is 5.97 Å². The summed E-state index contributed by atoms with van der Waals surface area (Å²) in [5.74, 6) is 0.669. The maximum atomic E-state index is 12.2. The van der Waals surface area contributed by atoms with Crippen molar-refractivity contribution in [2.24, 2.45) is 0 Å². The standard InChI is InChI=1S/C18H19NO5S/c1-11(17(20)19(2)3)24-18(21)16-7-6-15(25-16)12-4-5-13-14(10-12)23-9-8-22-13/h4-7,10-11H,8-9H2,1-3H3/t11-/m1/s1. The third-order valence-electron chi connectivity index (χ3n) is 3.71. The fraction of sp³-hybridized carbons (Fsp3) is 0.333. The second kappa shape index (κ2) is 7.14. The first-order valence-corrected chi connectivity index (χ1v) is 8.69. The lowest BCUT2D eigenvalue weighted by Crippen LogP contribution is -2.34. The zero-order valence-corrected chi connectivity index (χ0v) is 15.1. The summed E-state index contributed by atoms with van der Waals surface area (Å²) in [4.78, 5) is 26.8. The van der Waals surface area contributed by atoms with Crippen molar-refractivity contribution in [3.8, 4) is 21.9 Å². The molecular weight excluding hydrogens is 342 g/mol. The van der Waals surface area contributed by atoms with Gasteiger partial charge in [0.25, 0.3) is 5.91 Å². The van der Waals surface area contributed by atoms with Gasteiger partial charge in [-0.25, -0.2) is 4.79 Å². The van der Waals surface area contributed by atoms with Crippen LogP contribution in [0.2, 0.25) is 0 Å². The monoisotopic (exact) mass is 361 g/mol. The molecule has 2 aromatic rings. The van der Waals surface area contributed by atoms with Crippen molar-refractivity contribution >= 4 is 23.2 Å². The highest BCUT2D eigenvalue weighted by Gasteiger charge is 2.22. The molecule has 1 atom stereocenters. The predicted molar refractivity (Wildman–Crippen MR) is 94.3 cm³/mol. The van der Waals surface area contributed by atoms with Crippen LogP contribution in [0.25, 0.3) is 10.4 Å². The highest BCUT2D eigenvalue weighted by atomic mass is 32.1. The maximum Gasteiger partial charge on any atom is 0.349 e. The lowest BCUT2D eigenvalue weighted by Gasteiger charge is -2.18. The van der Waals surface area contributed by atoms with E-state index in [-0.39, 0.29) is 5.91 Å². The molecule has 0 aliphatic carbocycles. The average Bonchev–Trinajstić information content (AvgIpc) is 3.10. The summed E-state index contributed by atoms with van der Waals surface area (Å²) in [6.07, 6.45) is -0.817. The fourth-order valence-corrected chi connectivity index (χ4v) is 3.32. The van der Waals surface area contributed by atoms with E-state index in [4.69, 9.17) is 14.2 Å². The molecule has 0 unspecified atom stereocenters. The number of likely N-dealkylation sites (N-methyl/N-ethyl adjacent to an activating group) is 1. The molecule has 25 heavy (non-hydrogen) atoms. The molecule has 132 valence electrons. The van der Waals surface area contributed by atoms with Crippen molar-refractivity contribution in [3.05, 3.63) is 35.2 Å². The minimum atomic E-state index is -0.817. The summed E-state index contributed by atoms with van der Waals surface area (Å²) >= 11 is 1.31. The summed E-state index contributed by atoms with van der Waals surface area (Å²) in [5, 5.41) is 0. The lowest BCUT2D eigenvalue weighted by molar-refractivity contribution is -0.137. The first-order chi connectivity index (χ1) is 12.0. The number of rotatable bonds is 4. The second-order valence-corrected chi connectivity index (χ2v) is 6.89. The van der Waals surface area contributed by atoms with Crippen LogP contribution in [-0.4, -0.2) is 50.2 Å². The van der Waals surface area contributed by atoms with Crippen molar-refractivity contribution in [3.63, 3.8) is 0 Å². The molecule has 1 amide bonds. The van der Waals surface area contributed by atoms with Gasteiger partial charge in [-0.3, -0.25) is 4.79 Å². The van der Waals surface area contributed by atoms with Gasteiger partial charge < -0.3 is 19.1 Å². The molecule has 0 saturated heterocycles. The number of fused-ring (bicyclic) bond motifs is 1. The summed E-state index contributed by atoms with van der Waals surface area (Å²) < 4.78 is 16.3. The van der Waals surface area contributed by atoms with E-state index in [1.54, 1.807) is 27.1 Å². The van der Waals surface area contributed by atoms with E-state index in [0.29, 0.717) is 23.8 Å². The number of nitrogens with zero attached hydrogens (tertiary/aromatic N) is 1. The molecule has 1 aliphatic heterocycles.